The van der Waals surface area contributed by atoms with Crippen molar-refractivity contribution in [2.45, 2.75) is 19.0 Å². The Kier molecular flexibility index (Phi) is 5.73. The first kappa shape index (κ1) is 21.4. The van der Waals surface area contributed by atoms with Crippen molar-refractivity contribution in [3.05, 3.63) is 95.6 Å². The smallest absolute Gasteiger partial charge is 0.178 e. The number of carbonyl (C=O) groups is 1. The summed E-state index contributed by atoms with van der Waals surface area (Å²) in [4.78, 5) is 21.9. The lowest BCUT2D eigenvalue weighted by Crippen LogP contribution is -2.47. The van der Waals surface area contributed by atoms with Crippen LogP contribution in [0.3, 0.4) is 0 Å². The summed E-state index contributed by atoms with van der Waals surface area (Å²) in [6.07, 6.45) is 9.23. The second kappa shape index (κ2) is 8.83. The van der Waals surface area contributed by atoms with Crippen LogP contribution in [0.1, 0.15) is 16.7 Å². The average molecular weight is 440 g/mol. The van der Waals surface area contributed by atoms with Crippen molar-refractivity contribution in [2.75, 3.05) is 33.3 Å². The van der Waals surface area contributed by atoms with Crippen LogP contribution >= 0.6 is 0 Å². The highest BCUT2D eigenvalue weighted by Crippen LogP contribution is 2.42. The Morgan fingerprint density at radius 1 is 0.970 bits per heavy atom. The lowest BCUT2D eigenvalue weighted by atomic mass is 9.83. The Morgan fingerprint density at radius 3 is 2.36 bits per heavy atom. The van der Waals surface area contributed by atoms with E-state index in [2.05, 4.69) is 53.1 Å². The van der Waals surface area contributed by atoms with Gasteiger partial charge in [0.05, 0.1) is 7.11 Å². The third kappa shape index (κ3) is 4.29. The molecule has 0 amide bonds. The molecule has 1 fully saturated rings. The van der Waals surface area contributed by atoms with E-state index >= 15 is 0 Å². The van der Waals surface area contributed by atoms with Gasteiger partial charge in [0.25, 0.3) is 0 Å². The SMILES string of the molecule is COc1ccccc1C1=CC(N2CCN(Cc3ccc(C)cc3)CC2)=NC12C=CC(=O)C=C2. The van der Waals surface area contributed by atoms with Crippen molar-refractivity contribution in [2.24, 2.45) is 4.99 Å². The molecule has 2 aliphatic heterocycles. The predicted octanol–water partition coefficient (Wildman–Crippen LogP) is 4.05. The molecule has 1 aliphatic carbocycles. The lowest BCUT2D eigenvalue weighted by Gasteiger charge is -2.35. The summed E-state index contributed by atoms with van der Waals surface area (Å²) >= 11 is 0. The van der Waals surface area contributed by atoms with E-state index in [0.29, 0.717) is 0 Å². The molecule has 1 spiro atoms. The molecule has 0 radical (unpaired) electrons. The zero-order valence-electron chi connectivity index (χ0n) is 19.2. The van der Waals surface area contributed by atoms with Crippen LogP contribution in [0.2, 0.25) is 0 Å². The quantitative estimate of drug-likeness (QED) is 0.721. The largest absolute Gasteiger partial charge is 0.496 e. The number of ether oxygens (including phenoxy) is 1. The van der Waals surface area contributed by atoms with Crippen LogP contribution in [-0.2, 0) is 11.3 Å². The number of benzene rings is 2. The highest BCUT2D eigenvalue weighted by Gasteiger charge is 2.39. The van der Waals surface area contributed by atoms with Gasteiger partial charge < -0.3 is 9.64 Å². The number of piperazine rings is 1. The minimum Gasteiger partial charge on any atom is -0.496 e. The second-order valence-electron chi connectivity index (χ2n) is 8.87. The number of amidine groups is 1. The van der Waals surface area contributed by atoms with Gasteiger partial charge >= 0.3 is 0 Å². The molecule has 2 aromatic rings. The molecule has 0 unspecified atom stereocenters. The van der Waals surface area contributed by atoms with E-state index < -0.39 is 5.54 Å². The number of para-hydroxylation sites is 1. The maximum Gasteiger partial charge on any atom is 0.178 e. The van der Waals surface area contributed by atoms with E-state index in [1.165, 1.54) is 11.1 Å². The van der Waals surface area contributed by atoms with E-state index in [0.717, 1.165) is 55.4 Å². The van der Waals surface area contributed by atoms with E-state index in [1.54, 1.807) is 19.3 Å². The molecule has 2 heterocycles. The number of nitrogens with zero attached hydrogens (tertiary/aromatic N) is 3. The number of carbonyl (C=O) groups excluding carboxylic acids is 1. The van der Waals surface area contributed by atoms with Gasteiger partial charge in [0.1, 0.15) is 17.1 Å². The maximum absolute atomic E-state index is 11.9. The van der Waals surface area contributed by atoms with Crippen LogP contribution in [0.4, 0.5) is 0 Å². The fraction of sp³-hybridized carbons (Fsp3) is 0.286. The molecule has 1 saturated heterocycles. The molecule has 0 bridgehead atoms. The number of ketones is 1. The van der Waals surface area contributed by atoms with Crippen LogP contribution < -0.4 is 4.74 Å². The molecular weight excluding hydrogens is 410 g/mol. The summed E-state index contributed by atoms with van der Waals surface area (Å²) in [5, 5.41) is 0. The summed E-state index contributed by atoms with van der Waals surface area (Å²) in [5.41, 5.74) is 4.02. The van der Waals surface area contributed by atoms with Gasteiger partial charge in [-0.1, -0.05) is 48.0 Å². The standard InChI is InChI=1S/C28H29N3O2/c1-21-7-9-22(10-8-21)20-30-15-17-31(18-16-30)27-19-25(24-5-3-4-6-26(24)33-2)28(29-27)13-11-23(32)12-14-28/h3-14,19H,15-18,20H2,1-2H3. The van der Waals surface area contributed by atoms with Gasteiger partial charge in [0.15, 0.2) is 5.78 Å². The zero-order valence-corrected chi connectivity index (χ0v) is 19.2. The van der Waals surface area contributed by atoms with Crippen molar-refractivity contribution in [1.82, 2.24) is 9.80 Å². The number of hydrogen-bond donors (Lipinski definition) is 0. The van der Waals surface area contributed by atoms with Gasteiger partial charge in [0.2, 0.25) is 0 Å². The molecule has 0 aromatic heterocycles. The third-order valence-electron chi connectivity index (χ3n) is 6.63. The molecule has 5 nitrogen and oxygen atoms in total. The normalized spacial score (nSPS) is 19.7. The van der Waals surface area contributed by atoms with Gasteiger partial charge in [-0.25, -0.2) is 4.99 Å². The first-order valence-corrected chi connectivity index (χ1v) is 11.5. The molecule has 33 heavy (non-hydrogen) atoms. The number of allylic oxidation sites excluding steroid dienone is 2. The number of hydrogen-bond acceptors (Lipinski definition) is 5. The van der Waals surface area contributed by atoms with Crippen LogP contribution in [0.5, 0.6) is 5.75 Å². The number of rotatable bonds is 4. The summed E-state index contributed by atoms with van der Waals surface area (Å²) in [6, 6.07) is 16.8. The molecule has 3 aliphatic rings. The molecule has 0 atom stereocenters. The number of aryl methyl sites for hydroxylation is 1. The van der Waals surface area contributed by atoms with Gasteiger partial charge in [-0.3, -0.25) is 9.69 Å². The molecule has 168 valence electrons. The van der Waals surface area contributed by atoms with Gasteiger partial charge in [0, 0.05) is 43.9 Å². The predicted molar refractivity (Wildman–Crippen MR) is 132 cm³/mol. The lowest BCUT2D eigenvalue weighted by molar-refractivity contribution is -0.110. The van der Waals surface area contributed by atoms with Crippen LogP contribution in [0, 0.1) is 6.92 Å². The van der Waals surface area contributed by atoms with Crippen molar-refractivity contribution < 1.29 is 9.53 Å². The topological polar surface area (TPSA) is 45.1 Å². The Bertz CT molecular complexity index is 1150. The Labute approximate surface area is 195 Å². The molecular formula is C28H29N3O2. The van der Waals surface area contributed by atoms with Crippen LogP contribution in [0.15, 0.2) is 83.9 Å². The number of aliphatic imine (C=N–C) groups is 1. The summed E-state index contributed by atoms with van der Waals surface area (Å²) in [6.45, 7) is 6.91. The number of methoxy groups -OCH3 is 1. The second-order valence-corrected chi connectivity index (χ2v) is 8.87. The van der Waals surface area contributed by atoms with Crippen molar-refractivity contribution in [3.63, 3.8) is 0 Å². The van der Waals surface area contributed by atoms with E-state index in [1.807, 2.05) is 30.4 Å². The summed E-state index contributed by atoms with van der Waals surface area (Å²) < 4.78 is 5.64. The van der Waals surface area contributed by atoms with Crippen molar-refractivity contribution in [3.8, 4) is 5.75 Å². The Hall–Kier alpha value is -3.44. The zero-order chi connectivity index (χ0) is 22.8. The molecule has 0 saturated carbocycles. The van der Waals surface area contributed by atoms with Crippen molar-refractivity contribution in [1.29, 1.82) is 0 Å². The molecule has 5 heteroatoms. The van der Waals surface area contributed by atoms with Crippen LogP contribution in [0.25, 0.3) is 5.57 Å². The fourth-order valence-corrected chi connectivity index (χ4v) is 4.72. The minimum absolute atomic E-state index is 0.00614. The summed E-state index contributed by atoms with van der Waals surface area (Å²) in [7, 11) is 1.69. The van der Waals surface area contributed by atoms with Gasteiger partial charge in [-0.05, 0) is 48.9 Å². The Morgan fingerprint density at radius 2 is 1.67 bits per heavy atom. The minimum atomic E-state index is -0.670. The highest BCUT2D eigenvalue weighted by atomic mass is 16.5. The summed E-state index contributed by atoms with van der Waals surface area (Å²) in [5.74, 6) is 1.77. The van der Waals surface area contributed by atoms with E-state index in [9.17, 15) is 4.79 Å². The molecule has 2 aromatic carbocycles. The molecule has 5 rings (SSSR count). The van der Waals surface area contributed by atoms with Gasteiger partial charge in [-0.2, -0.15) is 0 Å². The van der Waals surface area contributed by atoms with Gasteiger partial charge in [-0.15, -0.1) is 0 Å². The molecule has 0 N–H and O–H groups in total. The Balaban J connectivity index is 1.37. The fourth-order valence-electron chi connectivity index (χ4n) is 4.72. The maximum atomic E-state index is 11.9. The van der Waals surface area contributed by atoms with Crippen molar-refractivity contribution >= 4 is 17.2 Å². The van der Waals surface area contributed by atoms with Crippen LogP contribution in [-0.4, -0.2) is 60.2 Å². The van der Waals surface area contributed by atoms with E-state index in [-0.39, 0.29) is 5.78 Å². The van der Waals surface area contributed by atoms with E-state index in [4.69, 9.17) is 9.73 Å². The first-order chi connectivity index (χ1) is 16.1. The third-order valence-corrected chi connectivity index (χ3v) is 6.63. The monoisotopic (exact) mass is 439 g/mol. The first-order valence-electron chi connectivity index (χ1n) is 11.5. The average Bonchev–Trinajstić information content (AvgIpc) is 3.22. The highest BCUT2D eigenvalue weighted by molar-refractivity contribution is 6.10.